The largest absolute Gasteiger partial charge is 0.353 e. The van der Waals surface area contributed by atoms with Gasteiger partial charge in [-0.25, -0.2) is 12.8 Å². The molecule has 7 heteroatoms. The maximum atomic E-state index is 14.0. The Morgan fingerprint density at radius 3 is 2.40 bits per heavy atom. The van der Waals surface area contributed by atoms with Crippen molar-refractivity contribution in [1.82, 2.24) is 9.62 Å². The molecule has 140 valence electrons. The van der Waals surface area contributed by atoms with E-state index in [1.165, 1.54) is 16.4 Å². The number of nitrogens with one attached hydrogen (secondary N) is 1. The number of aryl methyl sites for hydroxylation is 1. The number of sulfonamides is 1. The molecular weight excluding hydrogens is 343 g/mol. The van der Waals surface area contributed by atoms with Gasteiger partial charge in [0.1, 0.15) is 10.7 Å². The fourth-order valence-corrected chi connectivity index (χ4v) is 4.43. The molecule has 5 nitrogen and oxygen atoms in total. The summed E-state index contributed by atoms with van der Waals surface area (Å²) in [6, 6.07) is 4.15. The molecule has 1 atom stereocenters. The van der Waals surface area contributed by atoms with Crippen LogP contribution in [0.15, 0.2) is 23.1 Å². The summed E-state index contributed by atoms with van der Waals surface area (Å²) in [5.41, 5.74) is 0.692. The van der Waals surface area contributed by atoms with Crippen molar-refractivity contribution in [2.75, 3.05) is 13.1 Å². The second-order valence-electron chi connectivity index (χ2n) is 7.15. The van der Waals surface area contributed by atoms with Crippen LogP contribution in [0.5, 0.6) is 0 Å². The van der Waals surface area contributed by atoms with Gasteiger partial charge >= 0.3 is 0 Å². The van der Waals surface area contributed by atoms with E-state index < -0.39 is 15.8 Å². The Labute approximate surface area is 149 Å². The van der Waals surface area contributed by atoms with Crippen LogP contribution in [0.2, 0.25) is 0 Å². The van der Waals surface area contributed by atoms with Gasteiger partial charge in [-0.05, 0) is 50.3 Å². The summed E-state index contributed by atoms with van der Waals surface area (Å²) >= 11 is 0. The lowest BCUT2D eigenvalue weighted by molar-refractivity contribution is -0.127. The number of nitrogens with zero attached hydrogens (tertiary/aromatic N) is 1. The minimum absolute atomic E-state index is 0.0278. The summed E-state index contributed by atoms with van der Waals surface area (Å²) in [6.07, 6.45) is 0.895. The van der Waals surface area contributed by atoms with E-state index >= 15 is 0 Å². The Morgan fingerprint density at radius 1 is 1.24 bits per heavy atom. The zero-order valence-corrected chi connectivity index (χ0v) is 16.1. The third-order valence-corrected chi connectivity index (χ3v) is 6.81. The molecule has 0 radical (unpaired) electrons. The molecule has 25 heavy (non-hydrogen) atoms. The number of amides is 1. The number of piperidine rings is 1. The molecule has 1 heterocycles. The molecule has 0 aromatic heterocycles. The Morgan fingerprint density at radius 2 is 1.84 bits per heavy atom. The highest BCUT2D eigenvalue weighted by atomic mass is 32.2. The van der Waals surface area contributed by atoms with Crippen LogP contribution in [-0.2, 0) is 14.8 Å². The predicted octanol–water partition coefficient (Wildman–Crippen LogP) is 2.70. The van der Waals surface area contributed by atoms with Crippen molar-refractivity contribution < 1.29 is 17.6 Å². The Bertz CT molecular complexity index is 726. The lowest BCUT2D eigenvalue weighted by atomic mass is 9.96. The highest BCUT2D eigenvalue weighted by Crippen LogP contribution is 2.26. The predicted molar refractivity (Wildman–Crippen MR) is 95.1 cm³/mol. The fraction of sp³-hybridized carbons (Fsp3) is 0.611. The molecule has 0 aliphatic carbocycles. The third-order valence-electron chi connectivity index (χ3n) is 4.90. The average Bonchev–Trinajstić information content (AvgIpc) is 2.56. The van der Waals surface area contributed by atoms with Crippen molar-refractivity contribution in [3.8, 4) is 0 Å². The maximum Gasteiger partial charge on any atom is 0.245 e. The second kappa shape index (κ2) is 7.83. The van der Waals surface area contributed by atoms with Gasteiger partial charge in [-0.2, -0.15) is 4.31 Å². The Balaban J connectivity index is 2.04. The van der Waals surface area contributed by atoms with Crippen LogP contribution in [-0.4, -0.2) is 37.8 Å². The summed E-state index contributed by atoms with van der Waals surface area (Å²) < 4.78 is 40.6. The van der Waals surface area contributed by atoms with E-state index in [-0.39, 0.29) is 35.9 Å². The van der Waals surface area contributed by atoms with Crippen molar-refractivity contribution >= 4 is 15.9 Å². The minimum Gasteiger partial charge on any atom is -0.353 e. The number of hydrogen-bond acceptors (Lipinski definition) is 3. The number of carbonyl (C=O) groups is 1. The van der Waals surface area contributed by atoms with Gasteiger partial charge in [0, 0.05) is 25.0 Å². The van der Waals surface area contributed by atoms with E-state index in [1.54, 1.807) is 13.0 Å². The molecule has 1 aliphatic rings. The van der Waals surface area contributed by atoms with Crippen LogP contribution >= 0.6 is 0 Å². The number of hydrogen-bond donors (Lipinski definition) is 1. The van der Waals surface area contributed by atoms with Crippen molar-refractivity contribution in [3.63, 3.8) is 0 Å². The smallest absolute Gasteiger partial charge is 0.245 e. The summed E-state index contributed by atoms with van der Waals surface area (Å²) in [6.45, 7) is 8.22. The molecule has 0 spiro atoms. The average molecular weight is 370 g/mol. The molecule has 1 N–H and O–H groups in total. The molecule has 1 saturated heterocycles. The number of carbonyl (C=O) groups excluding carboxylic acids is 1. The van der Waals surface area contributed by atoms with Gasteiger partial charge < -0.3 is 5.32 Å². The Kier molecular flexibility index (Phi) is 6.21. The fourth-order valence-electron chi connectivity index (χ4n) is 2.81. The lowest BCUT2D eigenvalue weighted by Crippen LogP contribution is -2.45. The minimum atomic E-state index is -3.87. The SMILES string of the molecule is Cc1ccc(F)c(S(=O)(=O)N2CCC(C(=O)N[C@@H](C)C(C)C)CC2)c1. The van der Waals surface area contributed by atoms with Gasteiger partial charge in [-0.15, -0.1) is 0 Å². The highest BCUT2D eigenvalue weighted by molar-refractivity contribution is 7.89. The molecule has 1 aromatic rings. The first-order chi connectivity index (χ1) is 11.6. The molecule has 2 rings (SSSR count). The van der Waals surface area contributed by atoms with Crippen molar-refractivity contribution in [1.29, 1.82) is 0 Å². The van der Waals surface area contributed by atoms with Crippen LogP contribution in [0, 0.1) is 24.6 Å². The maximum absolute atomic E-state index is 14.0. The zero-order valence-electron chi connectivity index (χ0n) is 15.3. The molecule has 0 bridgehead atoms. The van der Waals surface area contributed by atoms with Crippen LogP contribution in [0.3, 0.4) is 0 Å². The first-order valence-electron chi connectivity index (χ1n) is 8.69. The first kappa shape index (κ1) is 19.8. The lowest BCUT2D eigenvalue weighted by Gasteiger charge is -2.31. The number of rotatable bonds is 5. The van der Waals surface area contributed by atoms with E-state index in [4.69, 9.17) is 0 Å². The molecule has 1 aliphatic heterocycles. The first-order valence-corrected chi connectivity index (χ1v) is 10.1. The number of benzene rings is 1. The van der Waals surface area contributed by atoms with E-state index in [9.17, 15) is 17.6 Å². The summed E-state index contributed by atoms with van der Waals surface area (Å²) in [5.74, 6) is -0.625. The van der Waals surface area contributed by atoms with E-state index in [2.05, 4.69) is 5.32 Å². The molecule has 0 unspecified atom stereocenters. The van der Waals surface area contributed by atoms with Gasteiger partial charge in [0.05, 0.1) is 0 Å². The molecule has 1 aromatic carbocycles. The molecular formula is C18H27FN2O3S. The second-order valence-corrected chi connectivity index (χ2v) is 9.06. The summed E-state index contributed by atoms with van der Waals surface area (Å²) in [4.78, 5) is 12.0. The molecule has 1 fully saturated rings. The molecule has 0 saturated carbocycles. The van der Waals surface area contributed by atoms with Crippen molar-refractivity contribution in [2.24, 2.45) is 11.8 Å². The molecule has 1 amide bonds. The van der Waals surface area contributed by atoms with Crippen LogP contribution in [0.1, 0.15) is 39.2 Å². The van der Waals surface area contributed by atoms with Crippen LogP contribution in [0.25, 0.3) is 0 Å². The monoisotopic (exact) mass is 370 g/mol. The van der Waals surface area contributed by atoms with E-state index in [1.807, 2.05) is 20.8 Å². The van der Waals surface area contributed by atoms with Crippen LogP contribution < -0.4 is 5.32 Å². The van der Waals surface area contributed by atoms with Crippen molar-refractivity contribution in [2.45, 2.75) is 51.5 Å². The standard InChI is InChI=1S/C18H27FN2O3S/c1-12(2)14(4)20-18(22)15-7-9-21(10-8-15)25(23,24)17-11-13(3)5-6-16(17)19/h5-6,11-12,14-15H,7-10H2,1-4H3,(H,20,22)/t14-/m0/s1. The highest BCUT2D eigenvalue weighted by Gasteiger charge is 2.33. The Hall–Kier alpha value is -1.47. The summed E-state index contributed by atoms with van der Waals surface area (Å²) in [7, 11) is -3.87. The van der Waals surface area contributed by atoms with Gasteiger partial charge in [-0.3, -0.25) is 4.79 Å². The topological polar surface area (TPSA) is 66.5 Å². The quantitative estimate of drug-likeness (QED) is 0.867. The summed E-state index contributed by atoms with van der Waals surface area (Å²) in [5, 5.41) is 2.98. The van der Waals surface area contributed by atoms with Gasteiger partial charge in [0.25, 0.3) is 0 Å². The van der Waals surface area contributed by atoms with Gasteiger partial charge in [-0.1, -0.05) is 19.9 Å². The third kappa shape index (κ3) is 4.58. The normalized spacial score (nSPS) is 18.3. The van der Waals surface area contributed by atoms with Gasteiger partial charge in [0.15, 0.2) is 0 Å². The van der Waals surface area contributed by atoms with E-state index in [0.717, 1.165) is 0 Å². The van der Waals surface area contributed by atoms with E-state index in [0.29, 0.717) is 24.3 Å². The van der Waals surface area contributed by atoms with Crippen LogP contribution in [0.4, 0.5) is 4.39 Å². The number of halogens is 1. The van der Waals surface area contributed by atoms with Gasteiger partial charge in [0.2, 0.25) is 15.9 Å². The zero-order chi connectivity index (χ0) is 18.8. The van der Waals surface area contributed by atoms with Crippen molar-refractivity contribution in [3.05, 3.63) is 29.6 Å².